The largest absolute Gasteiger partial charge is 0.486 e. The fourth-order valence-corrected chi connectivity index (χ4v) is 3.85. The van der Waals surface area contributed by atoms with Gasteiger partial charge in [0.2, 0.25) is 11.2 Å². The van der Waals surface area contributed by atoms with Crippen LogP contribution < -0.4 is 10.2 Å². The molecule has 0 aliphatic carbocycles. The van der Waals surface area contributed by atoms with Crippen LogP contribution in [0, 0.1) is 5.92 Å². The van der Waals surface area contributed by atoms with Crippen molar-refractivity contribution < 1.29 is 18.7 Å². The van der Waals surface area contributed by atoms with Crippen molar-refractivity contribution in [2.45, 2.75) is 45.8 Å². The van der Waals surface area contributed by atoms with Crippen LogP contribution in [-0.2, 0) is 11.3 Å². The maximum atomic E-state index is 12.5. The molecule has 1 aromatic carbocycles. The number of amides is 1. The summed E-state index contributed by atoms with van der Waals surface area (Å²) in [4.78, 5) is 26.4. The second kappa shape index (κ2) is 9.10. The van der Waals surface area contributed by atoms with E-state index in [1.165, 1.54) is 12.3 Å². The van der Waals surface area contributed by atoms with Crippen molar-refractivity contribution in [1.82, 2.24) is 9.47 Å². The molecular weight excluding hydrogens is 408 g/mol. The lowest BCUT2D eigenvalue weighted by Gasteiger charge is -2.33. The maximum absolute atomic E-state index is 12.5. The van der Waals surface area contributed by atoms with E-state index in [0.29, 0.717) is 32.0 Å². The smallest absolute Gasteiger partial charge is 0.410 e. The highest BCUT2D eigenvalue weighted by Crippen LogP contribution is 2.21. The third-order valence-electron chi connectivity index (χ3n) is 5.54. The van der Waals surface area contributed by atoms with Gasteiger partial charge in [0.25, 0.3) is 0 Å². The van der Waals surface area contributed by atoms with Crippen LogP contribution in [-0.4, -0.2) is 40.9 Å². The molecule has 1 aliphatic rings. The Balaban J connectivity index is 1.28. The third kappa shape index (κ3) is 5.52. The summed E-state index contributed by atoms with van der Waals surface area (Å²) >= 11 is 0. The van der Waals surface area contributed by atoms with Gasteiger partial charge in [0.05, 0.1) is 13.2 Å². The molecule has 1 amide bonds. The van der Waals surface area contributed by atoms with Crippen molar-refractivity contribution in [1.29, 1.82) is 0 Å². The van der Waals surface area contributed by atoms with Gasteiger partial charge in [-0.3, -0.25) is 4.79 Å². The minimum atomic E-state index is -0.494. The predicted molar refractivity (Wildman–Crippen MR) is 122 cm³/mol. The molecule has 0 bridgehead atoms. The molecule has 4 rings (SSSR count). The van der Waals surface area contributed by atoms with Crippen molar-refractivity contribution in [3.8, 4) is 5.75 Å². The topological polar surface area (TPSA) is 73.9 Å². The summed E-state index contributed by atoms with van der Waals surface area (Å²) in [5.74, 6) is 1.08. The molecule has 3 aromatic rings. The van der Waals surface area contributed by atoms with Gasteiger partial charge in [-0.05, 0) is 50.3 Å². The van der Waals surface area contributed by atoms with Gasteiger partial charge in [0, 0.05) is 31.5 Å². The average molecular weight is 439 g/mol. The number of ether oxygens (including phenoxy) is 2. The van der Waals surface area contributed by atoms with Gasteiger partial charge in [-0.15, -0.1) is 0 Å². The first-order valence-corrected chi connectivity index (χ1v) is 11.0. The van der Waals surface area contributed by atoms with E-state index in [2.05, 4.69) is 12.1 Å². The fourth-order valence-electron chi connectivity index (χ4n) is 3.85. The van der Waals surface area contributed by atoms with Gasteiger partial charge in [-0.25, -0.2) is 4.79 Å². The van der Waals surface area contributed by atoms with Gasteiger partial charge in [-0.1, -0.05) is 24.3 Å². The van der Waals surface area contributed by atoms with E-state index in [1.54, 1.807) is 4.90 Å². The van der Waals surface area contributed by atoms with E-state index in [0.717, 1.165) is 23.6 Å². The lowest BCUT2D eigenvalue weighted by Crippen LogP contribution is -2.42. The molecule has 0 radical (unpaired) electrons. The number of carbonyl (C=O) groups is 1. The van der Waals surface area contributed by atoms with Crippen LogP contribution in [0.25, 0.3) is 10.8 Å². The highest BCUT2D eigenvalue weighted by molar-refractivity contribution is 5.82. The van der Waals surface area contributed by atoms with Crippen LogP contribution in [0.15, 0.2) is 58.2 Å². The molecule has 0 unspecified atom stereocenters. The summed E-state index contributed by atoms with van der Waals surface area (Å²) in [6, 6.07) is 9.60. The van der Waals surface area contributed by atoms with Crippen LogP contribution >= 0.6 is 0 Å². The molecule has 2 aromatic heterocycles. The van der Waals surface area contributed by atoms with E-state index in [1.807, 2.05) is 49.9 Å². The number of nitrogens with zero attached hydrogens (tertiary/aromatic N) is 2. The van der Waals surface area contributed by atoms with Crippen molar-refractivity contribution in [2.24, 2.45) is 5.92 Å². The molecule has 1 saturated heterocycles. The molecule has 0 saturated carbocycles. The zero-order valence-electron chi connectivity index (χ0n) is 18.9. The molecule has 3 heterocycles. The van der Waals surface area contributed by atoms with Crippen molar-refractivity contribution in [2.75, 3.05) is 19.7 Å². The molecule has 0 atom stereocenters. The van der Waals surface area contributed by atoms with Crippen LogP contribution in [0.5, 0.6) is 5.75 Å². The van der Waals surface area contributed by atoms with E-state index in [4.69, 9.17) is 13.9 Å². The predicted octanol–water partition coefficient (Wildman–Crippen LogP) is 4.67. The Bertz CT molecular complexity index is 1100. The molecule has 170 valence electrons. The highest BCUT2D eigenvalue weighted by atomic mass is 16.6. The monoisotopic (exact) mass is 438 g/mol. The SMILES string of the molecule is CC(C)(C)OC(=O)N1CCC(COc2coc(Cn3cc4ccccc4c3)cc2=O)CC1. The maximum Gasteiger partial charge on any atom is 0.410 e. The second-order valence-electron chi connectivity index (χ2n) is 9.36. The summed E-state index contributed by atoms with van der Waals surface area (Å²) in [7, 11) is 0. The summed E-state index contributed by atoms with van der Waals surface area (Å²) in [5, 5.41) is 2.29. The minimum absolute atomic E-state index is 0.186. The lowest BCUT2D eigenvalue weighted by molar-refractivity contribution is 0.0164. The summed E-state index contributed by atoms with van der Waals surface area (Å²) in [6.07, 6.45) is 6.81. The van der Waals surface area contributed by atoms with E-state index >= 15 is 0 Å². The quantitative estimate of drug-likeness (QED) is 0.579. The Morgan fingerprint density at radius 1 is 1.12 bits per heavy atom. The van der Waals surface area contributed by atoms with Crippen molar-refractivity contribution >= 4 is 16.9 Å². The van der Waals surface area contributed by atoms with Gasteiger partial charge < -0.3 is 23.4 Å². The number of piperidine rings is 1. The molecular formula is C25H30N2O5. The van der Waals surface area contributed by atoms with E-state index in [9.17, 15) is 9.59 Å². The third-order valence-corrected chi connectivity index (χ3v) is 5.54. The number of fused-ring (bicyclic) bond motifs is 1. The molecule has 0 N–H and O–H groups in total. The Morgan fingerprint density at radius 3 is 2.38 bits per heavy atom. The number of carbonyl (C=O) groups excluding carboxylic acids is 1. The van der Waals surface area contributed by atoms with Gasteiger partial charge in [0.15, 0.2) is 0 Å². The van der Waals surface area contributed by atoms with Crippen LogP contribution in [0.3, 0.4) is 0 Å². The van der Waals surface area contributed by atoms with Crippen molar-refractivity contribution in [3.63, 3.8) is 0 Å². The first-order valence-electron chi connectivity index (χ1n) is 11.0. The van der Waals surface area contributed by atoms with Crippen molar-refractivity contribution in [3.05, 3.63) is 65.0 Å². The summed E-state index contributed by atoms with van der Waals surface area (Å²) in [6.45, 7) is 7.75. The van der Waals surface area contributed by atoms with Gasteiger partial charge in [0.1, 0.15) is 17.6 Å². The number of aromatic nitrogens is 1. The van der Waals surface area contributed by atoms with Crippen LogP contribution in [0.1, 0.15) is 39.4 Å². The summed E-state index contributed by atoms with van der Waals surface area (Å²) in [5.41, 5.74) is -0.680. The van der Waals surface area contributed by atoms with Gasteiger partial charge in [-0.2, -0.15) is 0 Å². The molecule has 32 heavy (non-hydrogen) atoms. The van der Waals surface area contributed by atoms with Crippen LogP contribution in [0.4, 0.5) is 4.79 Å². The zero-order chi connectivity index (χ0) is 22.7. The Hall–Kier alpha value is -3.22. The second-order valence-corrected chi connectivity index (χ2v) is 9.36. The van der Waals surface area contributed by atoms with Gasteiger partial charge >= 0.3 is 6.09 Å². The first-order chi connectivity index (χ1) is 15.3. The van der Waals surface area contributed by atoms with Crippen LogP contribution in [0.2, 0.25) is 0 Å². The number of hydrogen-bond acceptors (Lipinski definition) is 5. The van der Waals surface area contributed by atoms with E-state index < -0.39 is 5.60 Å². The molecule has 7 heteroatoms. The normalized spacial score (nSPS) is 15.2. The standard InChI is InChI=1S/C25H30N2O5/c1-25(2,3)32-24(29)27-10-8-18(9-11-27)16-31-23-17-30-21(12-22(23)28)15-26-13-19-6-4-5-7-20(19)14-26/h4-7,12-14,17-18H,8-11,15-16H2,1-3H3. The number of benzene rings is 1. The number of likely N-dealkylation sites (tertiary alicyclic amines) is 1. The Labute approximate surface area is 187 Å². The zero-order valence-corrected chi connectivity index (χ0v) is 18.9. The molecule has 0 spiro atoms. The number of rotatable bonds is 5. The molecule has 7 nitrogen and oxygen atoms in total. The average Bonchev–Trinajstić information content (AvgIpc) is 3.14. The molecule has 1 fully saturated rings. The lowest BCUT2D eigenvalue weighted by atomic mass is 9.98. The Kier molecular flexibility index (Phi) is 6.26. The Morgan fingerprint density at radius 2 is 1.78 bits per heavy atom. The minimum Gasteiger partial charge on any atom is -0.486 e. The fraction of sp³-hybridized carbons (Fsp3) is 0.440. The summed E-state index contributed by atoms with van der Waals surface area (Å²) < 4.78 is 18.8. The molecule has 1 aliphatic heterocycles. The first kappa shape index (κ1) is 22.0. The highest BCUT2D eigenvalue weighted by Gasteiger charge is 2.27. The number of hydrogen-bond donors (Lipinski definition) is 0. The van der Waals surface area contributed by atoms with E-state index in [-0.39, 0.29) is 23.2 Å².